The summed E-state index contributed by atoms with van der Waals surface area (Å²) in [7, 11) is 0. The Hall–Kier alpha value is -2.82. The number of carbonyl (C=O) groups excluding carboxylic acids is 1. The fourth-order valence-electron chi connectivity index (χ4n) is 1.98. The second-order valence-electron chi connectivity index (χ2n) is 4.34. The van der Waals surface area contributed by atoms with E-state index in [4.69, 9.17) is 10.2 Å². The lowest BCUT2D eigenvalue weighted by atomic mass is 10.1. The number of benzene rings is 2. The number of hydrogen-bond donors (Lipinski definition) is 2. The van der Waals surface area contributed by atoms with Crippen LogP contribution in [-0.4, -0.2) is 5.91 Å². The molecule has 0 saturated heterocycles. The number of fused-ring (bicyclic) bond motifs is 1. The van der Waals surface area contributed by atoms with Gasteiger partial charge in [-0.25, -0.2) is 4.39 Å². The van der Waals surface area contributed by atoms with Gasteiger partial charge in [0.15, 0.2) is 0 Å². The maximum Gasteiger partial charge on any atom is 0.259 e. The van der Waals surface area contributed by atoms with E-state index in [1.54, 1.807) is 18.2 Å². The Morgan fingerprint density at radius 3 is 2.85 bits per heavy atom. The Balaban J connectivity index is 1.95. The molecule has 0 aliphatic heterocycles. The van der Waals surface area contributed by atoms with Crippen molar-refractivity contribution in [1.29, 1.82) is 0 Å². The first-order valence-electron chi connectivity index (χ1n) is 5.98. The third-order valence-electron chi connectivity index (χ3n) is 2.96. The summed E-state index contributed by atoms with van der Waals surface area (Å²) in [6.07, 6.45) is 1.35. The first-order valence-corrected chi connectivity index (χ1v) is 5.98. The summed E-state index contributed by atoms with van der Waals surface area (Å²) in [5.74, 6) is -0.986. The van der Waals surface area contributed by atoms with Crippen molar-refractivity contribution in [2.75, 3.05) is 11.1 Å². The number of rotatable bonds is 2. The quantitative estimate of drug-likeness (QED) is 0.701. The van der Waals surface area contributed by atoms with Crippen LogP contribution in [0.3, 0.4) is 0 Å². The van der Waals surface area contributed by atoms with Gasteiger partial charge in [-0.1, -0.05) is 18.2 Å². The van der Waals surface area contributed by atoms with Crippen molar-refractivity contribution in [2.45, 2.75) is 0 Å². The molecule has 0 saturated carbocycles. The zero-order valence-electron chi connectivity index (χ0n) is 10.4. The first kappa shape index (κ1) is 12.2. The fourth-order valence-corrected chi connectivity index (χ4v) is 1.98. The minimum Gasteiger partial charge on any atom is -0.463 e. The molecular formula is C15H11FN2O2. The molecule has 0 fully saturated rings. The highest BCUT2D eigenvalue weighted by molar-refractivity contribution is 6.12. The molecule has 1 aromatic heterocycles. The van der Waals surface area contributed by atoms with Crippen LogP contribution in [0.4, 0.5) is 15.8 Å². The number of carbonyl (C=O) groups is 1. The van der Waals surface area contributed by atoms with Crippen molar-refractivity contribution in [3.63, 3.8) is 0 Å². The Morgan fingerprint density at radius 2 is 2.00 bits per heavy atom. The molecule has 0 radical (unpaired) electrons. The van der Waals surface area contributed by atoms with Crippen LogP contribution >= 0.6 is 0 Å². The van der Waals surface area contributed by atoms with E-state index >= 15 is 0 Å². The standard InChI is InChI=1S/C15H11FN2O2/c16-12-6-5-9(17)7-13(12)18-15(19)11-8-20-14-4-2-1-3-10(11)14/h1-8H,17H2,(H,18,19). The van der Waals surface area contributed by atoms with Crippen LogP contribution in [0.25, 0.3) is 11.0 Å². The third-order valence-corrected chi connectivity index (χ3v) is 2.96. The highest BCUT2D eigenvalue weighted by Crippen LogP contribution is 2.23. The molecule has 2 aromatic carbocycles. The van der Waals surface area contributed by atoms with Gasteiger partial charge < -0.3 is 15.5 Å². The van der Waals surface area contributed by atoms with Gasteiger partial charge in [-0.05, 0) is 24.3 Å². The number of furan rings is 1. The summed E-state index contributed by atoms with van der Waals surface area (Å²) in [6.45, 7) is 0. The lowest BCUT2D eigenvalue weighted by Crippen LogP contribution is -2.12. The maximum atomic E-state index is 13.6. The van der Waals surface area contributed by atoms with E-state index in [0.717, 1.165) is 0 Å². The Bertz CT molecular complexity index is 795. The second-order valence-corrected chi connectivity index (χ2v) is 4.34. The van der Waals surface area contributed by atoms with E-state index in [0.29, 0.717) is 22.2 Å². The number of nitrogen functional groups attached to an aromatic ring is 1. The van der Waals surface area contributed by atoms with E-state index in [9.17, 15) is 9.18 Å². The van der Waals surface area contributed by atoms with E-state index < -0.39 is 11.7 Å². The van der Waals surface area contributed by atoms with Crippen molar-refractivity contribution < 1.29 is 13.6 Å². The Kier molecular flexibility index (Phi) is 2.87. The smallest absolute Gasteiger partial charge is 0.259 e. The van der Waals surface area contributed by atoms with E-state index in [-0.39, 0.29) is 5.69 Å². The van der Waals surface area contributed by atoms with Gasteiger partial charge >= 0.3 is 0 Å². The van der Waals surface area contributed by atoms with Crippen LogP contribution in [0.15, 0.2) is 53.1 Å². The van der Waals surface area contributed by atoms with Crippen LogP contribution < -0.4 is 11.1 Å². The molecule has 5 heteroatoms. The molecule has 3 N–H and O–H groups in total. The van der Waals surface area contributed by atoms with E-state index in [2.05, 4.69) is 5.32 Å². The molecule has 0 bridgehead atoms. The number of halogens is 1. The van der Waals surface area contributed by atoms with Gasteiger partial charge in [0.1, 0.15) is 17.7 Å². The van der Waals surface area contributed by atoms with Crippen LogP contribution in [0.2, 0.25) is 0 Å². The number of hydrogen-bond acceptors (Lipinski definition) is 3. The summed E-state index contributed by atoms with van der Waals surface area (Å²) in [4.78, 5) is 12.2. The number of nitrogens with two attached hydrogens (primary N) is 1. The largest absolute Gasteiger partial charge is 0.463 e. The lowest BCUT2D eigenvalue weighted by Gasteiger charge is -2.06. The molecule has 4 nitrogen and oxygen atoms in total. The minimum atomic E-state index is -0.541. The predicted molar refractivity (Wildman–Crippen MR) is 75.0 cm³/mol. The van der Waals surface area contributed by atoms with Crippen molar-refractivity contribution >= 4 is 28.3 Å². The zero-order chi connectivity index (χ0) is 14.1. The van der Waals surface area contributed by atoms with E-state index in [1.807, 2.05) is 6.07 Å². The summed E-state index contributed by atoms with van der Waals surface area (Å²) in [5, 5.41) is 3.17. The molecule has 0 aliphatic rings. The third kappa shape index (κ3) is 2.09. The molecule has 3 aromatic rings. The number of amides is 1. The molecule has 0 atom stereocenters. The highest BCUT2D eigenvalue weighted by Gasteiger charge is 2.15. The SMILES string of the molecule is Nc1ccc(F)c(NC(=O)c2coc3ccccc23)c1. The number of nitrogens with one attached hydrogen (secondary N) is 1. The van der Waals surface area contributed by atoms with E-state index in [1.165, 1.54) is 24.5 Å². The van der Waals surface area contributed by atoms with Crippen molar-refractivity contribution in [3.05, 3.63) is 60.1 Å². The fraction of sp³-hybridized carbons (Fsp3) is 0. The summed E-state index contributed by atoms with van der Waals surface area (Å²) < 4.78 is 18.9. The highest BCUT2D eigenvalue weighted by atomic mass is 19.1. The van der Waals surface area contributed by atoms with Gasteiger partial charge in [-0.2, -0.15) is 0 Å². The number of para-hydroxylation sites is 1. The summed E-state index contributed by atoms with van der Waals surface area (Å²) >= 11 is 0. The first-order chi connectivity index (χ1) is 9.65. The molecule has 0 unspecified atom stereocenters. The van der Waals surface area contributed by atoms with Crippen LogP contribution in [0.1, 0.15) is 10.4 Å². The van der Waals surface area contributed by atoms with Crippen LogP contribution in [0.5, 0.6) is 0 Å². The molecule has 3 rings (SSSR count). The molecular weight excluding hydrogens is 259 g/mol. The molecule has 20 heavy (non-hydrogen) atoms. The molecule has 100 valence electrons. The van der Waals surface area contributed by atoms with Crippen molar-refractivity contribution in [1.82, 2.24) is 0 Å². The Morgan fingerprint density at radius 1 is 1.20 bits per heavy atom. The molecule has 0 aliphatic carbocycles. The average molecular weight is 270 g/mol. The topological polar surface area (TPSA) is 68.3 Å². The average Bonchev–Trinajstić information content (AvgIpc) is 2.87. The maximum absolute atomic E-state index is 13.6. The second kappa shape index (κ2) is 4.70. The van der Waals surface area contributed by atoms with Gasteiger partial charge in [0.2, 0.25) is 0 Å². The molecule has 1 amide bonds. The molecule has 0 spiro atoms. The van der Waals surface area contributed by atoms with Gasteiger partial charge in [-0.3, -0.25) is 4.79 Å². The van der Waals surface area contributed by atoms with Gasteiger partial charge in [0.25, 0.3) is 5.91 Å². The number of anilines is 2. The monoisotopic (exact) mass is 270 g/mol. The van der Waals surface area contributed by atoms with Gasteiger partial charge in [0.05, 0.1) is 11.3 Å². The minimum absolute atomic E-state index is 0.0419. The van der Waals surface area contributed by atoms with Gasteiger partial charge in [0, 0.05) is 11.1 Å². The van der Waals surface area contributed by atoms with Crippen LogP contribution in [-0.2, 0) is 0 Å². The summed E-state index contributed by atoms with van der Waals surface area (Å²) in [5.41, 5.74) is 6.94. The lowest BCUT2D eigenvalue weighted by molar-refractivity contribution is 0.102. The predicted octanol–water partition coefficient (Wildman–Crippen LogP) is 3.41. The van der Waals surface area contributed by atoms with Gasteiger partial charge in [-0.15, -0.1) is 0 Å². The normalized spacial score (nSPS) is 10.7. The van der Waals surface area contributed by atoms with Crippen LogP contribution in [0, 0.1) is 5.82 Å². The Labute approximate surface area is 114 Å². The van der Waals surface area contributed by atoms with Crippen molar-refractivity contribution in [3.8, 4) is 0 Å². The summed E-state index contributed by atoms with van der Waals surface area (Å²) in [6, 6.07) is 11.1. The van der Waals surface area contributed by atoms with Crippen molar-refractivity contribution in [2.24, 2.45) is 0 Å². The zero-order valence-corrected chi connectivity index (χ0v) is 10.4. The molecule has 1 heterocycles.